The fourth-order valence-electron chi connectivity index (χ4n) is 2.12. The molecule has 0 spiro atoms. The topological polar surface area (TPSA) is 38.9 Å². The first kappa shape index (κ1) is 9.59. The number of rotatable bonds is 3. The third-order valence-corrected chi connectivity index (χ3v) is 3.19. The molecule has 1 saturated carbocycles. The smallest absolute Gasteiger partial charge is 0.141 e. The summed E-state index contributed by atoms with van der Waals surface area (Å²) in [5.41, 5.74) is 6.94. The van der Waals surface area contributed by atoms with Gasteiger partial charge in [-0.15, -0.1) is 0 Å². The Kier molecular flexibility index (Phi) is 2.50. The van der Waals surface area contributed by atoms with Crippen LogP contribution in [0.5, 0.6) is 0 Å². The van der Waals surface area contributed by atoms with E-state index < -0.39 is 0 Å². The summed E-state index contributed by atoms with van der Waals surface area (Å²) in [4.78, 5) is 3.85. The molecule has 14 heavy (non-hydrogen) atoms. The first-order valence-electron chi connectivity index (χ1n) is 5.04. The Morgan fingerprint density at radius 3 is 2.71 bits per heavy atom. The monoisotopic (exact) mass is 194 g/mol. The van der Waals surface area contributed by atoms with Gasteiger partial charge in [0.15, 0.2) is 0 Å². The molecule has 0 atom stereocenters. The molecular weight excluding hydrogens is 179 g/mol. The van der Waals surface area contributed by atoms with E-state index in [2.05, 4.69) is 4.98 Å². The zero-order chi connectivity index (χ0) is 10.0. The number of aromatic nitrogens is 1. The molecule has 1 aliphatic rings. The first-order chi connectivity index (χ1) is 6.74. The van der Waals surface area contributed by atoms with Crippen molar-refractivity contribution in [3.8, 4) is 0 Å². The van der Waals surface area contributed by atoms with E-state index in [0.29, 0.717) is 6.54 Å². The minimum absolute atomic E-state index is 0.232. The third kappa shape index (κ3) is 1.77. The minimum atomic E-state index is -0.256. The van der Waals surface area contributed by atoms with E-state index in [-0.39, 0.29) is 11.2 Å². The van der Waals surface area contributed by atoms with Crippen LogP contribution in [-0.4, -0.2) is 11.5 Å². The highest BCUT2D eigenvalue weighted by Gasteiger charge is 2.35. The van der Waals surface area contributed by atoms with Gasteiger partial charge in [0.05, 0.1) is 6.20 Å². The van der Waals surface area contributed by atoms with Crippen LogP contribution in [0.3, 0.4) is 0 Å². The van der Waals surface area contributed by atoms with E-state index >= 15 is 0 Å². The van der Waals surface area contributed by atoms with E-state index in [0.717, 1.165) is 12.0 Å². The van der Waals surface area contributed by atoms with Gasteiger partial charge in [-0.05, 0) is 42.9 Å². The number of nitrogens with zero attached hydrogens (tertiary/aromatic N) is 1. The van der Waals surface area contributed by atoms with Crippen LogP contribution in [0, 0.1) is 11.2 Å². The molecule has 1 heterocycles. The van der Waals surface area contributed by atoms with Crippen molar-refractivity contribution in [1.29, 1.82) is 0 Å². The van der Waals surface area contributed by atoms with Crippen LogP contribution in [0.25, 0.3) is 0 Å². The second-order valence-corrected chi connectivity index (χ2v) is 4.25. The Hall–Kier alpha value is -0.960. The van der Waals surface area contributed by atoms with Gasteiger partial charge in [0, 0.05) is 6.20 Å². The summed E-state index contributed by atoms with van der Waals surface area (Å²) in [6.07, 6.45) is 7.42. The Bertz CT molecular complexity index is 315. The maximum atomic E-state index is 12.9. The molecule has 2 rings (SSSR count). The van der Waals surface area contributed by atoms with Crippen LogP contribution in [-0.2, 0) is 6.42 Å². The van der Waals surface area contributed by atoms with Crippen molar-refractivity contribution < 1.29 is 4.39 Å². The molecule has 2 nitrogen and oxygen atoms in total. The lowest BCUT2D eigenvalue weighted by Crippen LogP contribution is -2.39. The van der Waals surface area contributed by atoms with E-state index in [1.165, 1.54) is 25.5 Å². The van der Waals surface area contributed by atoms with Crippen LogP contribution in [0.4, 0.5) is 4.39 Å². The van der Waals surface area contributed by atoms with Crippen molar-refractivity contribution in [3.05, 3.63) is 29.8 Å². The van der Waals surface area contributed by atoms with Crippen molar-refractivity contribution in [1.82, 2.24) is 4.98 Å². The van der Waals surface area contributed by atoms with E-state index in [9.17, 15) is 4.39 Å². The molecule has 1 fully saturated rings. The Labute approximate surface area is 83.3 Å². The molecule has 2 N–H and O–H groups in total. The van der Waals surface area contributed by atoms with Gasteiger partial charge in [0.1, 0.15) is 5.82 Å². The predicted octanol–water partition coefficient (Wildman–Crippen LogP) is 1.89. The normalized spacial score (nSPS) is 19.0. The third-order valence-electron chi connectivity index (χ3n) is 3.19. The van der Waals surface area contributed by atoms with Crippen LogP contribution < -0.4 is 5.73 Å². The number of hydrogen-bond acceptors (Lipinski definition) is 2. The second kappa shape index (κ2) is 3.65. The van der Waals surface area contributed by atoms with E-state index in [4.69, 9.17) is 5.73 Å². The summed E-state index contributed by atoms with van der Waals surface area (Å²) in [7, 11) is 0. The van der Waals surface area contributed by atoms with Gasteiger partial charge < -0.3 is 5.73 Å². The molecular formula is C11H15FN2. The van der Waals surface area contributed by atoms with Crippen LogP contribution in [0.2, 0.25) is 0 Å². The van der Waals surface area contributed by atoms with Gasteiger partial charge in [0.25, 0.3) is 0 Å². The van der Waals surface area contributed by atoms with Gasteiger partial charge in [0.2, 0.25) is 0 Å². The molecule has 1 aromatic heterocycles. The SMILES string of the molecule is NCC1(Cc2cncc(F)c2)CCC1. The lowest BCUT2D eigenvalue weighted by Gasteiger charge is -2.41. The van der Waals surface area contributed by atoms with Gasteiger partial charge in [-0.3, -0.25) is 4.98 Å². The molecule has 0 bridgehead atoms. The van der Waals surface area contributed by atoms with E-state index in [1.54, 1.807) is 12.3 Å². The fraction of sp³-hybridized carbons (Fsp3) is 0.545. The first-order valence-corrected chi connectivity index (χ1v) is 5.04. The maximum absolute atomic E-state index is 12.9. The van der Waals surface area contributed by atoms with Gasteiger partial charge >= 0.3 is 0 Å². The zero-order valence-corrected chi connectivity index (χ0v) is 8.17. The molecule has 0 unspecified atom stereocenters. The summed E-state index contributed by atoms with van der Waals surface area (Å²) in [6, 6.07) is 1.56. The summed E-state index contributed by atoms with van der Waals surface area (Å²) in [6.45, 7) is 0.698. The number of nitrogens with two attached hydrogens (primary N) is 1. The molecule has 1 aromatic rings. The second-order valence-electron chi connectivity index (χ2n) is 4.25. The molecule has 76 valence electrons. The number of pyridine rings is 1. The van der Waals surface area contributed by atoms with Crippen molar-refractivity contribution in [2.45, 2.75) is 25.7 Å². The number of halogens is 1. The van der Waals surface area contributed by atoms with Gasteiger partial charge in [-0.2, -0.15) is 0 Å². The average Bonchev–Trinajstić information content (AvgIpc) is 2.11. The molecule has 0 aromatic carbocycles. The molecule has 0 radical (unpaired) electrons. The molecule has 3 heteroatoms. The Balaban J connectivity index is 2.09. The molecule has 0 amide bonds. The van der Waals surface area contributed by atoms with Crippen LogP contribution in [0.1, 0.15) is 24.8 Å². The molecule has 1 aliphatic carbocycles. The Morgan fingerprint density at radius 2 is 2.21 bits per heavy atom. The summed E-state index contributed by atoms with van der Waals surface area (Å²) in [5.74, 6) is -0.256. The van der Waals surface area contributed by atoms with Crippen molar-refractivity contribution >= 4 is 0 Å². The largest absolute Gasteiger partial charge is 0.330 e. The fourth-order valence-corrected chi connectivity index (χ4v) is 2.12. The molecule has 0 saturated heterocycles. The standard InChI is InChI=1S/C11H15FN2/c12-10-4-9(6-14-7-10)5-11(8-13)2-1-3-11/h4,6-7H,1-3,5,8,13H2. The lowest BCUT2D eigenvalue weighted by atomic mass is 9.65. The van der Waals surface area contributed by atoms with Gasteiger partial charge in [-0.25, -0.2) is 4.39 Å². The highest BCUT2D eigenvalue weighted by molar-refractivity contribution is 5.14. The summed E-state index contributed by atoms with van der Waals surface area (Å²) >= 11 is 0. The highest BCUT2D eigenvalue weighted by atomic mass is 19.1. The predicted molar refractivity (Wildman–Crippen MR) is 53.2 cm³/mol. The zero-order valence-electron chi connectivity index (χ0n) is 8.17. The van der Waals surface area contributed by atoms with Crippen LogP contribution in [0.15, 0.2) is 18.5 Å². The lowest BCUT2D eigenvalue weighted by molar-refractivity contribution is 0.144. The molecule has 0 aliphatic heterocycles. The maximum Gasteiger partial charge on any atom is 0.141 e. The van der Waals surface area contributed by atoms with E-state index in [1.807, 2.05) is 0 Å². The number of hydrogen-bond donors (Lipinski definition) is 1. The summed E-state index contributed by atoms with van der Waals surface area (Å²) < 4.78 is 12.9. The van der Waals surface area contributed by atoms with Gasteiger partial charge in [-0.1, -0.05) is 6.42 Å². The van der Waals surface area contributed by atoms with Crippen LogP contribution >= 0.6 is 0 Å². The average molecular weight is 194 g/mol. The minimum Gasteiger partial charge on any atom is -0.330 e. The Morgan fingerprint density at radius 1 is 1.43 bits per heavy atom. The summed E-state index contributed by atoms with van der Waals surface area (Å²) in [5, 5.41) is 0. The van der Waals surface area contributed by atoms with Crippen molar-refractivity contribution in [2.24, 2.45) is 11.1 Å². The van der Waals surface area contributed by atoms with Crippen molar-refractivity contribution in [3.63, 3.8) is 0 Å². The van der Waals surface area contributed by atoms with Crippen molar-refractivity contribution in [2.75, 3.05) is 6.54 Å². The highest BCUT2D eigenvalue weighted by Crippen LogP contribution is 2.42. The quantitative estimate of drug-likeness (QED) is 0.798.